The first-order chi connectivity index (χ1) is 17.5. The summed E-state index contributed by atoms with van der Waals surface area (Å²) in [6.45, 7) is -1.07. The van der Waals surface area contributed by atoms with Crippen molar-refractivity contribution in [3.8, 4) is 11.1 Å². The van der Waals surface area contributed by atoms with Crippen LogP contribution in [0.2, 0.25) is 0 Å². The minimum absolute atomic E-state index is 0.00215. The molecule has 0 fully saturated rings. The lowest BCUT2D eigenvalue weighted by Crippen LogP contribution is -2.26. The number of alkyl halides is 2. The highest BCUT2D eigenvalue weighted by atomic mass is 32.2. The van der Waals surface area contributed by atoms with Gasteiger partial charge in [0, 0.05) is 17.6 Å². The summed E-state index contributed by atoms with van der Waals surface area (Å²) in [5.41, 5.74) is 4.49. The molecule has 0 spiro atoms. The molecule has 0 unspecified atom stereocenters. The minimum atomic E-state index is -4.33. The Morgan fingerprint density at radius 1 is 1.08 bits per heavy atom. The highest BCUT2D eigenvalue weighted by Gasteiger charge is 2.24. The molecule has 0 saturated heterocycles. The standard InChI is InChI=1S/C23H15F4N5O3S2/c24-14-2-4-16(31-37(34,35)12-1-3-15-18(6-12)36-10-30-15)22(27)21(14)13-5-11-8-29-20(28)7-17(11)32(23(13)33)9-19(25)26/h1-8,10,19,31H,9H2,(H2,28,29). The molecule has 0 amide bonds. The fraction of sp³-hybridized carbons (Fsp3) is 0.0870. The first-order valence-corrected chi connectivity index (χ1v) is 12.8. The first-order valence-electron chi connectivity index (χ1n) is 10.5. The van der Waals surface area contributed by atoms with Gasteiger partial charge in [-0.2, -0.15) is 0 Å². The average Bonchev–Trinajstić information content (AvgIpc) is 3.31. The number of fused-ring (bicyclic) bond motifs is 2. The molecule has 0 aliphatic heterocycles. The Bertz CT molecular complexity index is 1860. The van der Waals surface area contributed by atoms with Crippen molar-refractivity contribution >= 4 is 54.0 Å². The van der Waals surface area contributed by atoms with Gasteiger partial charge in [0.1, 0.15) is 11.6 Å². The van der Waals surface area contributed by atoms with Gasteiger partial charge in [0.05, 0.1) is 49.5 Å². The molecule has 0 aliphatic rings. The van der Waals surface area contributed by atoms with Gasteiger partial charge in [-0.1, -0.05) is 0 Å². The molecule has 0 saturated carbocycles. The molecular formula is C23H15F4N5O3S2. The van der Waals surface area contributed by atoms with E-state index in [1.54, 1.807) is 0 Å². The van der Waals surface area contributed by atoms with Crippen LogP contribution >= 0.6 is 11.3 Å². The number of nitrogens with zero attached hydrogens (tertiary/aromatic N) is 3. The topological polar surface area (TPSA) is 120 Å². The second-order valence-electron chi connectivity index (χ2n) is 7.90. The van der Waals surface area contributed by atoms with Crippen LogP contribution in [0.3, 0.4) is 0 Å². The quantitative estimate of drug-likeness (QED) is 0.299. The number of rotatable bonds is 6. The second kappa shape index (κ2) is 9.12. The van der Waals surface area contributed by atoms with E-state index in [1.807, 2.05) is 0 Å². The first kappa shape index (κ1) is 24.6. The summed E-state index contributed by atoms with van der Waals surface area (Å²) in [5, 5.41) is 0.118. The molecule has 2 aromatic carbocycles. The van der Waals surface area contributed by atoms with Gasteiger partial charge in [-0.15, -0.1) is 11.3 Å². The van der Waals surface area contributed by atoms with Crippen molar-refractivity contribution < 1.29 is 26.0 Å². The lowest BCUT2D eigenvalue weighted by Gasteiger charge is -2.15. The van der Waals surface area contributed by atoms with Gasteiger partial charge in [-0.05, 0) is 36.4 Å². The molecule has 3 heterocycles. The predicted octanol–water partition coefficient (Wildman–Crippen LogP) is 4.60. The Balaban J connectivity index is 1.65. The van der Waals surface area contributed by atoms with Crippen LogP contribution in [0, 0.1) is 11.6 Å². The Kier molecular flexibility index (Phi) is 6.07. The average molecular weight is 550 g/mol. The van der Waals surface area contributed by atoms with E-state index in [0.717, 1.165) is 18.2 Å². The SMILES string of the molecule is Nc1cc2c(cn1)cc(-c1c(F)ccc(NS(=O)(=O)c3ccc4ncsc4c3)c1F)c(=O)n2CC(F)F. The van der Waals surface area contributed by atoms with Gasteiger partial charge < -0.3 is 10.3 Å². The number of nitrogen functional groups attached to an aromatic ring is 1. The van der Waals surface area contributed by atoms with Crippen molar-refractivity contribution in [3.05, 3.63) is 76.2 Å². The van der Waals surface area contributed by atoms with E-state index in [4.69, 9.17) is 5.73 Å². The van der Waals surface area contributed by atoms with E-state index >= 15 is 4.39 Å². The van der Waals surface area contributed by atoms with Crippen molar-refractivity contribution in [2.24, 2.45) is 0 Å². The molecule has 0 aliphatic carbocycles. The van der Waals surface area contributed by atoms with Crippen LogP contribution < -0.4 is 16.0 Å². The Morgan fingerprint density at radius 3 is 2.62 bits per heavy atom. The molecule has 0 radical (unpaired) electrons. The van der Waals surface area contributed by atoms with Gasteiger partial charge in [-0.25, -0.2) is 35.9 Å². The number of halogens is 4. The molecule has 3 N–H and O–H groups in total. The molecule has 0 bridgehead atoms. The van der Waals surface area contributed by atoms with E-state index in [0.29, 0.717) is 14.8 Å². The van der Waals surface area contributed by atoms with Crippen molar-refractivity contribution in [1.82, 2.24) is 14.5 Å². The molecule has 3 aromatic heterocycles. The summed E-state index contributed by atoms with van der Waals surface area (Å²) in [4.78, 5) is 20.9. The molecule has 5 aromatic rings. The van der Waals surface area contributed by atoms with E-state index in [2.05, 4.69) is 14.7 Å². The number of anilines is 2. The maximum absolute atomic E-state index is 15.6. The summed E-state index contributed by atoms with van der Waals surface area (Å²) < 4.78 is 86.2. The summed E-state index contributed by atoms with van der Waals surface area (Å²) in [6.07, 6.45) is -1.79. The Morgan fingerprint density at radius 2 is 1.86 bits per heavy atom. The van der Waals surface area contributed by atoms with Crippen molar-refractivity contribution in [2.45, 2.75) is 17.9 Å². The van der Waals surface area contributed by atoms with Crippen LogP contribution in [0.5, 0.6) is 0 Å². The fourth-order valence-electron chi connectivity index (χ4n) is 3.87. The maximum atomic E-state index is 15.6. The van der Waals surface area contributed by atoms with Crippen molar-refractivity contribution in [2.75, 3.05) is 10.5 Å². The molecule has 5 rings (SSSR count). The maximum Gasteiger partial charge on any atom is 0.262 e. The molecule has 14 heteroatoms. The summed E-state index contributed by atoms with van der Waals surface area (Å²) in [7, 11) is -4.33. The smallest absolute Gasteiger partial charge is 0.262 e. The van der Waals surface area contributed by atoms with E-state index < -0.39 is 57.0 Å². The van der Waals surface area contributed by atoms with E-state index in [9.17, 15) is 26.4 Å². The number of sulfonamides is 1. The number of benzene rings is 2. The van der Waals surface area contributed by atoms with Crippen LogP contribution in [0.4, 0.5) is 29.1 Å². The summed E-state index contributed by atoms with van der Waals surface area (Å²) in [6, 6.07) is 8.02. The van der Waals surface area contributed by atoms with Crippen LogP contribution in [-0.4, -0.2) is 29.4 Å². The number of hydrogen-bond acceptors (Lipinski definition) is 7. The highest BCUT2D eigenvalue weighted by molar-refractivity contribution is 7.92. The molecular weight excluding hydrogens is 534 g/mol. The Labute approximate surface area is 210 Å². The molecule has 8 nitrogen and oxygen atoms in total. The molecule has 190 valence electrons. The van der Waals surface area contributed by atoms with Crippen molar-refractivity contribution in [1.29, 1.82) is 0 Å². The number of thiazole rings is 1. The van der Waals surface area contributed by atoms with Crippen LogP contribution in [0.25, 0.3) is 32.2 Å². The van der Waals surface area contributed by atoms with E-state index in [1.165, 1.54) is 47.3 Å². The monoisotopic (exact) mass is 549 g/mol. The second-order valence-corrected chi connectivity index (χ2v) is 10.5. The highest BCUT2D eigenvalue weighted by Crippen LogP contribution is 2.32. The number of aromatic nitrogens is 3. The summed E-state index contributed by atoms with van der Waals surface area (Å²) in [5.74, 6) is -2.64. The largest absolute Gasteiger partial charge is 0.384 e. The van der Waals surface area contributed by atoms with Gasteiger partial charge in [0.25, 0.3) is 22.0 Å². The number of nitrogens with two attached hydrogens (primary N) is 1. The van der Waals surface area contributed by atoms with Gasteiger partial charge in [0.2, 0.25) is 0 Å². The summed E-state index contributed by atoms with van der Waals surface area (Å²) >= 11 is 1.21. The van der Waals surface area contributed by atoms with Gasteiger partial charge >= 0.3 is 0 Å². The normalized spacial score (nSPS) is 12.0. The van der Waals surface area contributed by atoms with Crippen LogP contribution in [0.1, 0.15) is 0 Å². The third-order valence-corrected chi connectivity index (χ3v) is 7.69. The van der Waals surface area contributed by atoms with Gasteiger partial charge in [-0.3, -0.25) is 9.52 Å². The Hall–Kier alpha value is -4.04. The van der Waals surface area contributed by atoms with Crippen LogP contribution in [-0.2, 0) is 16.6 Å². The zero-order valence-corrected chi connectivity index (χ0v) is 20.1. The number of nitrogens with one attached hydrogen (secondary N) is 1. The number of hydrogen-bond donors (Lipinski definition) is 2. The van der Waals surface area contributed by atoms with Crippen LogP contribution in [0.15, 0.2) is 63.9 Å². The lowest BCUT2D eigenvalue weighted by molar-refractivity contribution is 0.127. The number of pyridine rings is 2. The predicted molar refractivity (Wildman–Crippen MR) is 132 cm³/mol. The fourth-order valence-corrected chi connectivity index (χ4v) is 5.75. The molecule has 0 atom stereocenters. The molecule has 37 heavy (non-hydrogen) atoms. The van der Waals surface area contributed by atoms with Crippen molar-refractivity contribution in [3.63, 3.8) is 0 Å². The third-order valence-electron chi connectivity index (χ3n) is 5.54. The minimum Gasteiger partial charge on any atom is -0.384 e. The lowest BCUT2D eigenvalue weighted by atomic mass is 10.0. The third kappa shape index (κ3) is 4.49. The van der Waals surface area contributed by atoms with Gasteiger partial charge in [0.15, 0.2) is 5.82 Å². The zero-order valence-electron chi connectivity index (χ0n) is 18.5. The zero-order chi connectivity index (χ0) is 26.5. The van der Waals surface area contributed by atoms with E-state index in [-0.39, 0.29) is 21.6 Å².